The van der Waals surface area contributed by atoms with E-state index in [9.17, 15) is 4.79 Å². The molecule has 144 valence electrons. The first kappa shape index (κ1) is 18.0. The van der Waals surface area contributed by atoms with Crippen molar-refractivity contribution in [2.24, 2.45) is 10.7 Å². The SMILES string of the molecule is CC[C@@H](N)C(=O)NC1=CNC(C)(Oc2ccc3c(c2)C2(CCC2)OC3)N=C1. The smallest absolute Gasteiger partial charge is 0.275 e. The summed E-state index contributed by atoms with van der Waals surface area (Å²) < 4.78 is 12.1. The van der Waals surface area contributed by atoms with E-state index in [4.69, 9.17) is 15.2 Å². The van der Waals surface area contributed by atoms with Gasteiger partial charge in [0.15, 0.2) is 0 Å². The van der Waals surface area contributed by atoms with Gasteiger partial charge in [0.05, 0.1) is 30.2 Å². The zero-order valence-corrected chi connectivity index (χ0v) is 15.7. The van der Waals surface area contributed by atoms with Gasteiger partial charge in [0.1, 0.15) is 5.75 Å². The number of allylic oxidation sites excluding steroid dienone is 1. The molecule has 4 rings (SSSR count). The van der Waals surface area contributed by atoms with E-state index in [1.54, 1.807) is 12.4 Å². The maximum absolute atomic E-state index is 11.9. The van der Waals surface area contributed by atoms with Crippen molar-refractivity contribution < 1.29 is 14.3 Å². The second kappa shape index (κ2) is 6.65. The van der Waals surface area contributed by atoms with Gasteiger partial charge in [0.25, 0.3) is 5.85 Å². The van der Waals surface area contributed by atoms with Gasteiger partial charge in [-0.2, -0.15) is 0 Å². The highest BCUT2D eigenvalue weighted by molar-refractivity contribution is 5.90. The molecule has 7 heteroatoms. The molecular formula is C20H26N4O3. The first-order valence-corrected chi connectivity index (χ1v) is 9.49. The third-order valence-electron chi connectivity index (χ3n) is 5.54. The molecule has 2 heterocycles. The van der Waals surface area contributed by atoms with Crippen molar-refractivity contribution in [2.45, 2.75) is 63.6 Å². The molecule has 1 aliphatic carbocycles. The first-order chi connectivity index (χ1) is 12.9. The van der Waals surface area contributed by atoms with E-state index in [-0.39, 0.29) is 11.5 Å². The fourth-order valence-corrected chi connectivity index (χ4v) is 3.63. The minimum Gasteiger partial charge on any atom is -0.448 e. The molecular weight excluding hydrogens is 344 g/mol. The van der Waals surface area contributed by atoms with Gasteiger partial charge in [0.2, 0.25) is 5.91 Å². The van der Waals surface area contributed by atoms with E-state index in [1.807, 2.05) is 19.9 Å². The van der Waals surface area contributed by atoms with Gasteiger partial charge >= 0.3 is 0 Å². The quantitative estimate of drug-likeness (QED) is 0.737. The molecule has 0 radical (unpaired) electrons. The van der Waals surface area contributed by atoms with Crippen molar-refractivity contribution in [1.82, 2.24) is 10.6 Å². The van der Waals surface area contributed by atoms with Gasteiger partial charge < -0.3 is 25.8 Å². The highest BCUT2D eigenvalue weighted by Crippen LogP contribution is 2.51. The van der Waals surface area contributed by atoms with Gasteiger partial charge in [-0.25, -0.2) is 4.99 Å². The maximum Gasteiger partial charge on any atom is 0.275 e. The molecule has 1 amide bonds. The van der Waals surface area contributed by atoms with Crippen LogP contribution in [0.15, 0.2) is 35.1 Å². The lowest BCUT2D eigenvalue weighted by Gasteiger charge is -2.38. The average molecular weight is 370 g/mol. The van der Waals surface area contributed by atoms with Crippen LogP contribution in [0, 0.1) is 0 Å². The van der Waals surface area contributed by atoms with Crippen LogP contribution in [0.4, 0.5) is 0 Å². The summed E-state index contributed by atoms with van der Waals surface area (Å²) in [4.78, 5) is 16.3. The summed E-state index contributed by atoms with van der Waals surface area (Å²) in [6.45, 7) is 4.38. The zero-order chi connectivity index (χ0) is 19.1. The number of nitrogens with one attached hydrogen (secondary N) is 2. The van der Waals surface area contributed by atoms with Crippen LogP contribution >= 0.6 is 0 Å². The van der Waals surface area contributed by atoms with E-state index in [2.05, 4.69) is 27.8 Å². The third-order valence-corrected chi connectivity index (χ3v) is 5.54. The molecule has 7 nitrogen and oxygen atoms in total. The molecule has 1 spiro atoms. The van der Waals surface area contributed by atoms with E-state index >= 15 is 0 Å². The minimum absolute atomic E-state index is 0.103. The van der Waals surface area contributed by atoms with Crippen molar-refractivity contribution in [2.75, 3.05) is 0 Å². The number of carbonyl (C=O) groups excluding carboxylic acids is 1. The fraction of sp³-hybridized carbons (Fsp3) is 0.500. The van der Waals surface area contributed by atoms with E-state index in [0.717, 1.165) is 18.6 Å². The predicted octanol–water partition coefficient (Wildman–Crippen LogP) is 2.02. The summed E-state index contributed by atoms with van der Waals surface area (Å²) in [5, 5.41) is 5.85. The summed E-state index contributed by atoms with van der Waals surface area (Å²) in [6, 6.07) is 5.56. The summed E-state index contributed by atoms with van der Waals surface area (Å²) >= 11 is 0. The van der Waals surface area contributed by atoms with E-state index in [1.165, 1.54) is 17.5 Å². The van der Waals surface area contributed by atoms with Gasteiger partial charge in [0, 0.05) is 13.1 Å². The van der Waals surface area contributed by atoms with Crippen LogP contribution in [-0.2, 0) is 21.7 Å². The number of benzene rings is 1. The molecule has 1 aromatic rings. The van der Waals surface area contributed by atoms with Crippen LogP contribution in [0.25, 0.3) is 0 Å². The highest BCUT2D eigenvalue weighted by atomic mass is 16.5. The Hall–Kier alpha value is -2.38. The lowest BCUT2D eigenvalue weighted by Crippen LogP contribution is -2.47. The standard InChI is InChI=1S/C20H26N4O3/c1-3-17(21)18(25)24-14-10-22-19(2,23-11-14)27-15-6-5-13-12-26-20(7-4-8-20)16(13)9-15/h5-6,9-11,17,22H,3-4,7-8,12,21H2,1-2H3,(H,24,25)/t17-,19?/m1/s1. The molecule has 1 unspecified atom stereocenters. The van der Waals surface area contributed by atoms with Gasteiger partial charge in [-0.05, 0) is 48.9 Å². The van der Waals surface area contributed by atoms with E-state index in [0.29, 0.717) is 18.7 Å². The Bertz CT molecular complexity index is 815. The molecule has 2 aliphatic heterocycles. The Morgan fingerprint density at radius 1 is 1.48 bits per heavy atom. The average Bonchev–Trinajstić information content (AvgIpc) is 3.02. The fourth-order valence-electron chi connectivity index (χ4n) is 3.63. The number of carbonyl (C=O) groups is 1. The Morgan fingerprint density at radius 2 is 2.30 bits per heavy atom. The summed E-state index contributed by atoms with van der Waals surface area (Å²) in [5.74, 6) is -0.431. The van der Waals surface area contributed by atoms with Gasteiger partial charge in [-0.1, -0.05) is 13.0 Å². The molecule has 1 saturated carbocycles. The first-order valence-electron chi connectivity index (χ1n) is 9.49. The Morgan fingerprint density at radius 3 is 2.93 bits per heavy atom. The monoisotopic (exact) mass is 370 g/mol. The molecule has 0 bridgehead atoms. The Kier molecular flexibility index (Phi) is 4.44. The third kappa shape index (κ3) is 3.33. The van der Waals surface area contributed by atoms with Gasteiger partial charge in [-0.3, -0.25) is 4.79 Å². The maximum atomic E-state index is 11.9. The van der Waals surface area contributed by atoms with Crippen molar-refractivity contribution in [3.63, 3.8) is 0 Å². The number of fused-ring (bicyclic) bond motifs is 2. The van der Waals surface area contributed by atoms with Crippen molar-refractivity contribution in [3.8, 4) is 5.75 Å². The Labute approximate surface area is 159 Å². The normalized spacial score (nSPS) is 25.8. The van der Waals surface area contributed by atoms with Crippen LogP contribution < -0.4 is 21.1 Å². The van der Waals surface area contributed by atoms with Gasteiger partial charge in [-0.15, -0.1) is 0 Å². The number of hydrogen-bond acceptors (Lipinski definition) is 6. The number of amides is 1. The number of rotatable bonds is 5. The summed E-state index contributed by atoms with van der Waals surface area (Å²) in [7, 11) is 0. The molecule has 3 aliphatic rings. The summed E-state index contributed by atoms with van der Waals surface area (Å²) in [6.07, 6.45) is 7.19. The molecule has 1 fully saturated rings. The topological polar surface area (TPSA) is 98.0 Å². The number of nitrogens with two attached hydrogens (primary N) is 1. The zero-order valence-electron chi connectivity index (χ0n) is 15.7. The molecule has 27 heavy (non-hydrogen) atoms. The molecule has 2 atom stereocenters. The molecule has 1 aromatic carbocycles. The molecule has 0 saturated heterocycles. The minimum atomic E-state index is -0.943. The molecule has 0 aromatic heterocycles. The van der Waals surface area contributed by atoms with Crippen LogP contribution in [0.3, 0.4) is 0 Å². The van der Waals surface area contributed by atoms with Crippen LogP contribution in [0.5, 0.6) is 5.75 Å². The highest BCUT2D eigenvalue weighted by Gasteiger charge is 2.45. The van der Waals surface area contributed by atoms with Crippen LogP contribution in [0.2, 0.25) is 0 Å². The van der Waals surface area contributed by atoms with Crippen LogP contribution in [-0.4, -0.2) is 24.0 Å². The summed E-state index contributed by atoms with van der Waals surface area (Å²) in [5.41, 5.74) is 8.67. The number of aliphatic imine (C=N–C) groups is 1. The number of hydrogen-bond donors (Lipinski definition) is 3. The molecule has 4 N–H and O–H groups in total. The Balaban J connectivity index is 1.43. The van der Waals surface area contributed by atoms with Crippen LogP contribution in [0.1, 0.15) is 50.7 Å². The lowest BCUT2D eigenvalue weighted by atomic mass is 9.75. The van der Waals surface area contributed by atoms with Crippen molar-refractivity contribution in [3.05, 3.63) is 41.2 Å². The second-order valence-corrected chi connectivity index (χ2v) is 7.55. The number of ether oxygens (including phenoxy) is 2. The largest absolute Gasteiger partial charge is 0.448 e. The lowest BCUT2D eigenvalue weighted by molar-refractivity contribution is -0.121. The van der Waals surface area contributed by atoms with E-state index < -0.39 is 11.9 Å². The second-order valence-electron chi connectivity index (χ2n) is 7.55. The van der Waals surface area contributed by atoms with Crippen molar-refractivity contribution >= 4 is 12.1 Å². The predicted molar refractivity (Wildman–Crippen MR) is 102 cm³/mol. The number of nitrogens with zero attached hydrogens (tertiary/aromatic N) is 1. The van der Waals surface area contributed by atoms with Crippen molar-refractivity contribution in [1.29, 1.82) is 0 Å².